The van der Waals surface area contributed by atoms with E-state index < -0.39 is 18.0 Å². The number of carboxylic acids is 1. The van der Waals surface area contributed by atoms with Gasteiger partial charge in [-0.3, -0.25) is 9.69 Å². The summed E-state index contributed by atoms with van der Waals surface area (Å²) < 4.78 is 0. The number of hydrogen-bond donors (Lipinski definition) is 3. The fourth-order valence-electron chi connectivity index (χ4n) is 2.84. The maximum Gasteiger partial charge on any atom is 0.310 e. The number of piperidine rings is 1. The first-order valence-electron chi connectivity index (χ1n) is 6.83. The summed E-state index contributed by atoms with van der Waals surface area (Å²) in [4.78, 5) is 16.4. The van der Waals surface area contributed by atoms with Crippen LogP contribution < -0.4 is 0 Å². The van der Waals surface area contributed by atoms with Gasteiger partial charge in [0.25, 0.3) is 0 Å². The van der Waals surface area contributed by atoms with Gasteiger partial charge in [0.15, 0.2) is 0 Å². The van der Waals surface area contributed by atoms with Crippen molar-refractivity contribution in [1.82, 2.24) is 9.88 Å². The zero-order chi connectivity index (χ0) is 14.1. The van der Waals surface area contributed by atoms with Crippen molar-refractivity contribution >= 4 is 16.9 Å². The van der Waals surface area contributed by atoms with Crippen LogP contribution in [0.4, 0.5) is 0 Å². The molecule has 106 valence electrons. The van der Waals surface area contributed by atoms with Gasteiger partial charge in [0.2, 0.25) is 0 Å². The van der Waals surface area contributed by atoms with E-state index in [9.17, 15) is 9.90 Å². The van der Waals surface area contributed by atoms with Crippen molar-refractivity contribution in [2.24, 2.45) is 5.92 Å². The predicted molar refractivity (Wildman–Crippen MR) is 75.3 cm³/mol. The molecule has 1 aromatic carbocycles. The standard InChI is InChI=1S/C15H18N2O3/c18-14-4-6-17(9-12(14)15(19)20)8-10-1-2-11-3-5-16-13(11)7-10/h1-3,5,7,12,14,16,18H,4,6,8-9H2,(H,19,20)/t12-,14+/m1/s1. The normalized spacial score (nSPS) is 24.1. The molecule has 3 N–H and O–H groups in total. The number of aliphatic hydroxyl groups excluding tert-OH is 1. The number of carboxylic acid groups (broad SMARTS) is 1. The molecule has 2 atom stereocenters. The minimum atomic E-state index is -0.915. The molecular weight excluding hydrogens is 256 g/mol. The molecule has 5 nitrogen and oxygen atoms in total. The SMILES string of the molecule is O=C(O)[C@@H]1CN(Cc2ccc3cc[nH]c3c2)CC[C@@H]1O. The van der Waals surface area contributed by atoms with E-state index in [0.717, 1.165) is 17.6 Å². The number of aromatic nitrogens is 1. The van der Waals surface area contributed by atoms with E-state index in [-0.39, 0.29) is 0 Å². The molecule has 1 fully saturated rings. The van der Waals surface area contributed by atoms with Gasteiger partial charge in [-0.2, -0.15) is 0 Å². The average Bonchev–Trinajstić information content (AvgIpc) is 2.88. The number of rotatable bonds is 3. The van der Waals surface area contributed by atoms with Gasteiger partial charge in [0.1, 0.15) is 0 Å². The van der Waals surface area contributed by atoms with Crippen molar-refractivity contribution in [3.05, 3.63) is 36.0 Å². The van der Waals surface area contributed by atoms with E-state index in [2.05, 4.69) is 28.1 Å². The second-order valence-corrected chi connectivity index (χ2v) is 5.44. The van der Waals surface area contributed by atoms with Crippen LogP contribution in [0.25, 0.3) is 10.9 Å². The number of fused-ring (bicyclic) bond motifs is 1. The third-order valence-corrected chi connectivity index (χ3v) is 4.00. The second-order valence-electron chi connectivity index (χ2n) is 5.44. The molecule has 0 unspecified atom stereocenters. The summed E-state index contributed by atoms with van der Waals surface area (Å²) in [5.41, 5.74) is 2.25. The van der Waals surface area contributed by atoms with Crippen molar-refractivity contribution in [2.75, 3.05) is 13.1 Å². The van der Waals surface area contributed by atoms with Crippen molar-refractivity contribution in [3.63, 3.8) is 0 Å². The first kappa shape index (κ1) is 13.1. The molecule has 2 heterocycles. The Hall–Kier alpha value is -1.85. The van der Waals surface area contributed by atoms with Crippen LogP contribution in [0.15, 0.2) is 30.5 Å². The highest BCUT2D eigenvalue weighted by molar-refractivity contribution is 5.79. The number of likely N-dealkylation sites (tertiary alicyclic amines) is 1. The van der Waals surface area contributed by atoms with E-state index >= 15 is 0 Å². The van der Waals surface area contributed by atoms with E-state index in [1.54, 1.807) is 0 Å². The minimum absolute atomic E-state index is 0.402. The first-order chi connectivity index (χ1) is 9.63. The lowest BCUT2D eigenvalue weighted by molar-refractivity contribution is -0.149. The lowest BCUT2D eigenvalue weighted by Gasteiger charge is -2.34. The fraction of sp³-hybridized carbons (Fsp3) is 0.400. The van der Waals surface area contributed by atoms with Gasteiger partial charge in [-0.1, -0.05) is 12.1 Å². The molecule has 0 saturated carbocycles. The highest BCUT2D eigenvalue weighted by atomic mass is 16.4. The number of H-pyrrole nitrogens is 1. The van der Waals surface area contributed by atoms with Crippen LogP contribution in [0.1, 0.15) is 12.0 Å². The minimum Gasteiger partial charge on any atom is -0.481 e. The maximum absolute atomic E-state index is 11.1. The van der Waals surface area contributed by atoms with Gasteiger partial charge in [-0.25, -0.2) is 0 Å². The topological polar surface area (TPSA) is 76.6 Å². The van der Waals surface area contributed by atoms with Gasteiger partial charge in [-0.05, 0) is 29.5 Å². The van der Waals surface area contributed by atoms with Crippen LogP contribution in [0.3, 0.4) is 0 Å². The highest BCUT2D eigenvalue weighted by Gasteiger charge is 2.32. The molecule has 1 aromatic heterocycles. The summed E-state index contributed by atoms with van der Waals surface area (Å²) in [6.45, 7) is 1.85. The van der Waals surface area contributed by atoms with Crippen molar-refractivity contribution in [2.45, 2.75) is 19.1 Å². The Labute approximate surface area is 116 Å². The molecule has 0 radical (unpaired) electrons. The molecular formula is C15H18N2O3. The Kier molecular flexibility index (Phi) is 3.46. The van der Waals surface area contributed by atoms with E-state index in [1.165, 1.54) is 5.39 Å². The van der Waals surface area contributed by atoms with Crippen LogP contribution in [0, 0.1) is 5.92 Å². The highest BCUT2D eigenvalue weighted by Crippen LogP contribution is 2.21. The zero-order valence-electron chi connectivity index (χ0n) is 11.1. The van der Waals surface area contributed by atoms with Crippen LogP contribution in [0.2, 0.25) is 0 Å². The van der Waals surface area contributed by atoms with Crippen LogP contribution in [-0.4, -0.2) is 45.3 Å². The van der Waals surface area contributed by atoms with Crippen molar-refractivity contribution in [3.8, 4) is 0 Å². The summed E-state index contributed by atoms with van der Waals surface area (Å²) in [7, 11) is 0. The van der Waals surface area contributed by atoms with Crippen molar-refractivity contribution in [1.29, 1.82) is 0 Å². The first-order valence-corrected chi connectivity index (χ1v) is 6.83. The third kappa shape index (κ3) is 2.55. The van der Waals surface area contributed by atoms with Crippen molar-refractivity contribution < 1.29 is 15.0 Å². The molecule has 0 aliphatic carbocycles. The monoisotopic (exact) mass is 274 g/mol. The van der Waals surface area contributed by atoms with Gasteiger partial charge >= 0.3 is 5.97 Å². The smallest absolute Gasteiger partial charge is 0.310 e. The molecule has 3 rings (SSSR count). The Balaban J connectivity index is 1.72. The Morgan fingerprint density at radius 3 is 3.05 bits per heavy atom. The quantitative estimate of drug-likeness (QED) is 0.791. The van der Waals surface area contributed by atoms with E-state index in [1.807, 2.05) is 12.3 Å². The maximum atomic E-state index is 11.1. The second kappa shape index (κ2) is 5.26. The summed E-state index contributed by atoms with van der Waals surface area (Å²) in [6, 6.07) is 8.25. The summed E-state index contributed by atoms with van der Waals surface area (Å²) in [6.07, 6.45) is 1.70. The van der Waals surface area contributed by atoms with Crippen LogP contribution in [-0.2, 0) is 11.3 Å². The van der Waals surface area contributed by atoms with Gasteiger partial charge in [0, 0.05) is 31.3 Å². The van der Waals surface area contributed by atoms with E-state index in [0.29, 0.717) is 19.5 Å². The number of aliphatic carboxylic acids is 1. The summed E-state index contributed by atoms with van der Waals surface area (Å²) in [5.74, 6) is -1.60. The molecule has 1 saturated heterocycles. The largest absolute Gasteiger partial charge is 0.481 e. The Morgan fingerprint density at radius 1 is 1.40 bits per heavy atom. The molecule has 20 heavy (non-hydrogen) atoms. The van der Waals surface area contributed by atoms with Gasteiger partial charge in [0.05, 0.1) is 12.0 Å². The number of aliphatic hydroxyl groups is 1. The molecule has 1 aliphatic rings. The average molecular weight is 274 g/mol. The molecule has 0 bridgehead atoms. The number of carbonyl (C=O) groups is 1. The molecule has 5 heteroatoms. The van der Waals surface area contributed by atoms with E-state index in [4.69, 9.17) is 5.11 Å². The molecule has 2 aromatic rings. The number of nitrogens with one attached hydrogen (secondary N) is 1. The van der Waals surface area contributed by atoms with Gasteiger partial charge < -0.3 is 15.2 Å². The Morgan fingerprint density at radius 2 is 2.25 bits per heavy atom. The van der Waals surface area contributed by atoms with Crippen LogP contribution >= 0.6 is 0 Å². The lowest BCUT2D eigenvalue weighted by atomic mass is 9.94. The predicted octanol–water partition coefficient (Wildman–Crippen LogP) is 1.44. The summed E-state index contributed by atoms with van der Waals surface area (Å²) >= 11 is 0. The van der Waals surface area contributed by atoms with Gasteiger partial charge in [-0.15, -0.1) is 0 Å². The third-order valence-electron chi connectivity index (χ3n) is 4.00. The lowest BCUT2D eigenvalue weighted by Crippen LogP contribution is -2.46. The number of benzene rings is 1. The summed E-state index contributed by atoms with van der Waals surface area (Å²) in [5, 5.41) is 20.0. The Bertz CT molecular complexity index is 622. The zero-order valence-corrected chi connectivity index (χ0v) is 11.1. The number of nitrogens with zero attached hydrogens (tertiary/aromatic N) is 1. The van der Waals surface area contributed by atoms with Crippen LogP contribution in [0.5, 0.6) is 0 Å². The molecule has 1 aliphatic heterocycles. The number of aromatic amines is 1. The fourth-order valence-corrected chi connectivity index (χ4v) is 2.84. The molecule has 0 amide bonds. The molecule has 0 spiro atoms. The number of hydrogen-bond acceptors (Lipinski definition) is 3.